The molecule has 0 aliphatic carbocycles. The van der Waals surface area contributed by atoms with Crippen LogP contribution in [-0.2, 0) is 43.2 Å². The topological polar surface area (TPSA) is 279 Å². The number of nitrogens with zero attached hydrogens (tertiary/aromatic N) is 2. The Morgan fingerprint density at radius 3 is 1.64 bits per heavy atom. The third-order valence-electron chi connectivity index (χ3n) is 11.3. The zero-order chi connectivity index (χ0) is 43.3. The minimum absolute atomic E-state index is 0.177. The second-order valence-corrected chi connectivity index (χ2v) is 16.5. The van der Waals surface area contributed by atoms with Gasteiger partial charge in [-0.05, 0) is 69.3 Å². The number of thioether (sulfide) groups is 1. The first-order valence-corrected chi connectivity index (χ1v) is 21.7. The summed E-state index contributed by atoms with van der Waals surface area (Å²) in [5, 5.41) is 26.2. The smallest absolute Gasteiger partial charge is 0.246 e. The molecule has 3 aliphatic rings. The molecule has 0 aromatic heterocycles. The van der Waals surface area contributed by atoms with E-state index in [-0.39, 0.29) is 50.6 Å². The number of primary amides is 1. The van der Waals surface area contributed by atoms with Crippen molar-refractivity contribution in [2.24, 2.45) is 17.6 Å². The van der Waals surface area contributed by atoms with E-state index in [1.807, 2.05) is 20.1 Å². The summed E-state index contributed by atoms with van der Waals surface area (Å²) < 4.78 is 0. The van der Waals surface area contributed by atoms with Crippen molar-refractivity contribution in [1.82, 2.24) is 41.7 Å². The molecular formula is C38H63N9O10S. The molecule has 3 heterocycles. The first kappa shape index (κ1) is 47.9. The molecule has 0 aromatic rings. The molecule has 0 bridgehead atoms. The summed E-state index contributed by atoms with van der Waals surface area (Å²) in [5.74, 6) is -6.60. The molecule has 3 saturated heterocycles. The van der Waals surface area contributed by atoms with Crippen molar-refractivity contribution in [1.29, 1.82) is 0 Å². The van der Waals surface area contributed by atoms with Crippen LogP contribution >= 0.6 is 11.8 Å². The van der Waals surface area contributed by atoms with Gasteiger partial charge in [0.15, 0.2) is 0 Å². The Kier molecular flexibility index (Phi) is 18.7. The zero-order valence-electron chi connectivity index (χ0n) is 34.5. The van der Waals surface area contributed by atoms with Crippen molar-refractivity contribution in [2.45, 2.75) is 141 Å². The summed E-state index contributed by atoms with van der Waals surface area (Å²) in [5.41, 5.74) is 5.36. The van der Waals surface area contributed by atoms with E-state index in [1.54, 1.807) is 13.8 Å². The molecule has 0 aromatic carbocycles. The lowest BCUT2D eigenvalue weighted by Gasteiger charge is -2.35. The first-order chi connectivity index (χ1) is 27.4. The summed E-state index contributed by atoms with van der Waals surface area (Å²) in [7, 11) is 0. The van der Waals surface area contributed by atoms with Crippen molar-refractivity contribution in [3.63, 3.8) is 0 Å². The minimum Gasteiger partial charge on any atom is -0.391 e. The van der Waals surface area contributed by atoms with Crippen molar-refractivity contribution in [2.75, 3.05) is 31.6 Å². The van der Waals surface area contributed by atoms with Crippen molar-refractivity contribution in [3.05, 3.63) is 0 Å². The molecule has 0 saturated carbocycles. The SMILES string of the molecule is CCC(C)C1NC(=O)C(CCSC)NC(=O)CNC(=O)C(C(C)O)NC(=O)C(CCC(N)=O)NC(=O)C2CCCN2C(=O)C(C(C)CC)NC(=O)C2CCCN2C1=O. The van der Waals surface area contributed by atoms with Crippen LogP contribution in [0.1, 0.15) is 92.4 Å². The fourth-order valence-corrected chi connectivity index (χ4v) is 7.81. The van der Waals surface area contributed by atoms with Crippen LogP contribution in [0.2, 0.25) is 0 Å². The van der Waals surface area contributed by atoms with Gasteiger partial charge in [0.05, 0.1) is 12.6 Å². The second kappa shape index (κ2) is 22.6. The Morgan fingerprint density at radius 2 is 1.17 bits per heavy atom. The average molecular weight is 838 g/mol. The van der Waals surface area contributed by atoms with E-state index in [9.17, 15) is 48.3 Å². The molecule has 0 spiro atoms. The van der Waals surface area contributed by atoms with Crippen molar-refractivity contribution >= 4 is 64.9 Å². The fourth-order valence-electron chi connectivity index (χ4n) is 7.34. The van der Waals surface area contributed by atoms with Crippen LogP contribution in [0.5, 0.6) is 0 Å². The van der Waals surface area contributed by atoms with Gasteiger partial charge in [-0.3, -0.25) is 43.2 Å². The summed E-state index contributed by atoms with van der Waals surface area (Å²) in [6, 6.07) is -8.27. The molecule has 58 heavy (non-hydrogen) atoms. The molecule has 0 radical (unpaired) electrons. The lowest BCUT2D eigenvalue weighted by molar-refractivity contribution is -0.146. The number of nitrogens with two attached hydrogens (primary N) is 1. The van der Waals surface area contributed by atoms with Crippen molar-refractivity contribution in [3.8, 4) is 0 Å². The summed E-state index contributed by atoms with van der Waals surface area (Å²) in [4.78, 5) is 125. The second-order valence-electron chi connectivity index (χ2n) is 15.5. The van der Waals surface area contributed by atoms with Gasteiger partial charge in [0.1, 0.15) is 42.3 Å². The highest BCUT2D eigenvalue weighted by molar-refractivity contribution is 7.98. The van der Waals surface area contributed by atoms with Gasteiger partial charge in [0, 0.05) is 19.5 Å². The predicted octanol–water partition coefficient (Wildman–Crippen LogP) is -1.99. The lowest BCUT2D eigenvalue weighted by atomic mass is 9.95. The normalized spacial score (nSPS) is 29.1. The van der Waals surface area contributed by atoms with E-state index in [1.165, 1.54) is 28.5 Å². The molecule has 19 nitrogen and oxygen atoms in total. The lowest BCUT2D eigenvalue weighted by Crippen LogP contribution is -2.62. The Morgan fingerprint density at radius 1 is 0.707 bits per heavy atom. The van der Waals surface area contributed by atoms with Crippen molar-refractivity contribution < 1.29 is 48.3 Å². The van der Waals surface area contributed by atoms with Crippen LogP contribution in [0.15, 0.2) is 0 Å². The van der Waals surface area contributed by atoms with Crippen LogP contribution in [0.4, 0.5) is 0 Å². The highest BCUT2D eigenvalue weighted by Crippen LogP contribution is 2.25. The van der Waals surface area contributed by atoms with E-state index in [0.29, 0.717) is 37.9 Å². The first-order valence-electron chi connectivity index (χ1n) is 20.3. The van der Waals surface area contributed by atoms with E-state index >= 15 is 0 Å². The highest BCUT2D eigenvalue weighted by Gasteiger charge is 2.44. The van der Waals surface area contributed by atoms with Gasteiger partial charge in [-0.15, -0.1) is 0 Å². The van der Waals surface area contributed by atoms with Gasteiger partial charge in [-0.25, -0.2) is 0 Å². The Bertz CT molecular complexity index is 1530. The summed E-state index contributed by atoms with van der Waals surface area (Å²) in [6.07, 6.45) is 2.37. The number of carbonyl (C=O) groups excluding carboxylic acids is 9. The van der Waals surface area contributed by atoms with E-state index in [4.69, 9.17) is 5.73 Å². The van der Waals surface area contributed by atoms with Crippen LogP contribution in [0.25, 0.3) is 0 Å². The molecule has 10 atom stereocenters. The molecule has 9 amide bonds. The average Bonchev–Trinajstić information content (AvgIpc) is 3.89. The monoisotopic (exact) mass is 837 g/mol. The van der Waals surface area contributed by atoms with Crippen LogP contribution < -0.4 is 37.6 Å². The zero-order valence-corrected chi connectivity index (χ0v) is 35.3. The number of fused-ring (bicyclic) bond motifs is 2. The molecule has 326 valence electrons. The Balaban J connectivity index is 2.07. The predicted molar refractivity (Wildman–Crippen MR) is 214 cm³/mol. The molecule has 3 rings (SSSR count). The van der Waals surface area contributed by atoms with Crippen LogP contribution in [0, 0.1) is 11.8 Å². The number of hydrogen-bond donors (Lipinski definition) is 8. The van der Waals surface area contributed by atoms with E-state index in [0.717, 1.165) is 0 Å². The molecular weight excluding hydrogens is 775 g/mol. The number of rotatable bonds is 11. The third-order valence-corrected chi connectivity index (χ3v) is 11.9. The molecule has 3 aliphatic heterocycles. The number of nitrogens with one attached hydrogen (secondary N) is 6. The summed E-state index contributed by atoms with van der Waals surface area (Å²) in [6.45, 7) is 8.30. The maximum atomic E-state index is 14.3. The highest BCUT2D eigenvalue weighted by atomic mass is 32.2. The van der Waals surface area contributed by atoms with E-state index in [2.05, 4.69) is 31.9 Å². The minimum atomic E-state index is -1.62. The van der Waals surface area contributed by atoms with E-state index < -0.39 is 108 Å². The Labute approximate surface area is 344 Å². The van der Waals surface area contributed by atoms with Crippen LogP contribution in [-0.4, -0.2) is 148 Å². The largest absolute Gasteiger partial charge is 0.391 e. The number of hydrogen-bond acceptors (Lipinski definition) is 11. The molecule has 3 fully saturated rings. The van der Waals surface area contributed by atoms with Gasteiger partial charge < -0.3 is 52.5 Å². The van der Waals surface area contributed by atoms with Gasteiger partial charge in [-0.2, -0.15) is 11.8 Å². The van der Waals surface area contributed by atoms with Gasteiger partial charge >= 0.3 is 0 Å². The maximum Gasteiger partial charge on any atom is 0.246 e. The van der Waals surface area contributed by atoms with Gasteiger partial charge in [-0.1, -0.05) is 40.5 Å². The molecule has 20 heteroatoms. The standard InChI is InChI=1S/C38H63N9O10S/c1-7-20(3)29-37(56)47-17-10-12-26(47)35(54)44-30(21(4)8-2)38(57)46-16-9-11-25(46)34(53)42-23(13-14-27(39)49)32(51)45-31(22(5)48)36(55)40-19-28(50)41-24(15-18-58-6)33(52)43-29/h20-26,29-31,48H,7-19H2,1-6H3,(H2,39,49)(H,40,55)(H,41,50)(H,42,53)(H,43,52)(H,44,54)(H,45,51). The number of carbonyl (C=O) groups is 9. The van der Waals surface area contributed by atoms with Crippen LogP contribution in [0.3, 0.4) is 0 Å². The number of amides is 9. The van der Waals surface area contributed by atoms with Gasteiger partial charge in [0.2, 0.25) is 53.2 Å². The summed E-state index contributed by atoms with van der Waals surface area (Å²) >= 11 is 1.43. The quantitative estimate of drug-likeness (QED) is 0.113. The Hall–Kier alpha value is -4.46. The molecule has 10 unspecified atom stereocenters. The third kappa shape index (κ3) is 12.8. The number of aliphatic hydroxyl groups excluding tert-OH is 1. The van der Waals surface area contributed by atoms with Gasteiger partial charge in [0.25, 0.3) is 0 Å². The molecule has 9 N–H and O–H groups in total. The maximum absolute atomic E-state index is 14.3. The number of aliphatic hydroxyl groups is 1. The fraction of sp³-hybridized carbons (Fsp3) is 0.763.